The molecule has 2 heterocycles. The topological polar surface area (TPSA) is 81.2 Å². The Morgan fingerprint density at radius 2 is 2.08 bits per heavy atom. The smallest absolute Gasteiger partial charge is 0.256 e. The number of aromatic nitrogens is 2. The van der Waals surface area contributed by atoms with Crippen molar-refractivity contribution in [1.82, 2.24) is 10.1 Å². The van der Waals surface area contributed by atoms with Crippen LogP contribution in [0, 0.1) is 11.3 Å². The molecule has 0 N–H and O–H groups in total. The van der Waals surface area contributed by atoms with Crippen LogP contribution in [0.4, 0.5) is 0 Å². The second-order valence-corrected chi connectivity index (χ2v) is 6.08. The van der Waals surface area contributed by atoms with Crippen LogP contribution in [0.5, 0.6) is 5.75 Å². The van der Waals surface area contributed by atoms with Gasteiger partial charge in [0.2, 0.25) is 5.82 Å². The summed E-state index contributed by atoms with van der Waals surface area (Å²) in [7, 11) is 0. The SMILES string of the molecule is N#Cc1cccc(COc2ccc(-c3noc(C4CCCO4)n3)cc2)c1. The number of rotatable bonds is 5. The van der Waals surface area contributed by atoms with E-state index in [-0.39, 0.29) is 6.10 Å². The highest BCUT2D eigenvalue weighted by atomic mass is 16.5. The van der Waals surface area contributed by atoms with Crippen molar-refractivity contribution < 1.29 is 14.0 Å². The van der Waals surface area contributed by atoms with Crippen LogP contribution in [0.1, 0.15) is 36.0 Å². The van der Waals surface area contributed by atoms with E-state index in [1.54, 1.807) is 6.07 Å². The van der Waals surface area contributed by atoms with Gasteiger partial charge in [0.05, 0.1) is 11.6 Å². The van der Waals surface area contributed by atoms with Gasteiger partial charge in [-0.05, 0) is 54.8 Å². The molecule has 1 aliphatic heterocycles. The van der Waals surface area contributed by atoms with E-state index in [1.165, 1.54) is 0 Å². The first-order chi connectivity index (χ1) is 12.8. The fraction of sp³-hybridized carbons (Fsp3) is 0.250. The molecule has 26 heavy (non-hydrogen) atoms. The Labute approximate surface area is 151 Å². The second kappa shape index (κ2) is 7.38. The molecule has 6 heteroatoms. The fourth-order valence-corrected chi connectivity index (χ4v) is 2.85. The minimum atomic E-state index is -0.0805. The minimum absolute atomic E-state index is 0.0805. The Morgan fingerprint density at radius 1 is 1.19 bits per heavy atom. The van der Waals surface area contributed by atoms with Crippen LogP contribution >= 0.6 is 0 Å². The molecule has 1 aliphatic rings. The second-order valence-electron chi connectivity index (χ2n) is 6.08. The molecule has 0 spiro atoms. The lowest BCUT2D eigenvalue weighted by Gasteiger charge is -2.07. The predicted molar refractivity (Wildman–Crippen MR) is 93.2 cm³/mol. The van der Waals surface area contributed by atoms with Gasteiger partial charge in [-0.25, -0.2) is 0 Å². The highest BCUT2D eigenvalue weighted by Crippen LogP contribution is 2.29. The highest BCUT2D eigenvalue weighted by molar-refractivity contribution is 5.55. The largest absolute Gasteiger partial charge is 0.489 e. The molecule has 1 aromatic heterocycles. The third-order valence-corrected chi connectivity index (χ3v) is 4.22. The molecule has 4 rings (SSSR count). The molecular weight excluding hydrogens is 330 g/mol. The zero-order valence-electron chi connectivity index (χ0n) is 14.1. The number of benzene rings is 2. The average molecular weight is 347 g/mol. The molecule has 0 radical (unpaired) electrons. The van der Waals surface area contributed by atoms with Gasteiger partial charge >= 0.3 is 0 Å². The van der Waals surface area contributed by atoms with Gasteiger partial charge in [-0.1, -0.05) is 17.3 Å². The van der Waals surface area contributed by atoms with Gasteiger partial charge in [-0.3, -0.25) is 0 Å². The number of ether oxygens (including phenoxy) is 2. The van der Waals surface area contributed by atoms with E-state index in [0.717, 1.165) is 36.3 Å². The molecule has 1 saturated heterocycles. The van der Waals surface area contributed by atoms with E-state index in [4.69, 9.17) is 19.3 Å². The molecule has 0 bridgehead atoms. The van der Waals surface area contributed by atoms with Crippen LogP contribution in [0.25, 0.3) is 11.4 Å². The Balaban J connectivity index is 1.41. The van der Waals surface area contributed by atoms with Gasteiger partial charge in [0, 0.05) is 12.2 Å². The van der Waals surface area contributed by atoms with Crippen LogP contribution in [0.3, 0.4) is 0 Å². The van der Waals surface area contributed by atoms with Crippen LogP contribution in [-0.2, 0) is 11.3 Å². The van der Waals surface area contributed by atoms with Crippen molar-refractivity contribution in [2.24, 2.45) is 0 Å². The number of hydrogen-bond acceptors (Lipinski definition) is 6. The molecule has 6 nitrogen and oxygen atoms in total. The quantitative estimate of drug-likeness (QED) is 0.693. The van der Waals surface area contributed by atoms with Gasteiger partial charge in [-0.15, -0.1) is 0 Å². The maximum absolute atomic E-state index is 8.94. The Morgan fingerprint density at radius 3 is 2.85 bits per heavy atom. The molecule has 2 aromatic carbocycles. The third-order valence-electron chi connectivity index (χ3n) is 4.22. The van der Waals surface area contributed by atoms with Gasteiger partial charge in [0.1, 0.15) is 18.5 Å². The normalized spacial score (nSPS) is 16.3. The van der Waals surface area contributed by atoms with Gasteiger partial charge < -0.3 is 14.0 Å². The van der Waals surface area contributed by atoms with Crippen LogP contribution in [0.2, 0.25) is 0 Å². The molecule has 1 atom stereocenters. The molecule has 1 unspecified atom stereocenters. The van der Waals surface area contributed by atoms with Crippen molar-refractivity contribution in [3.8, 4) is 23.2 Å². The minimum Gasteiger partial charge on any atom is -0.489 e. The van der Waals surface area contributed by atoms with Crippen molar-refractivity contribution in [2.75, 3.05) is 6.61 Å². The first kappa shape index (κ1) is 16.3. The van der Waals surface area contributed by atoms with Crippen molar-refractivity contribution >= 4 is 0 Å². The summed E-state index contributed by atoms with van der Waals surface area (Å²) in [6, 6.07) is 17.0. The third kappa shape index (κ3) is 3.58. The summed E-state index contributed by atoms with van der Waals surface area (Å²) in [5.41, 5.74) is 2.44. The molecule has 0 saturated carbocycles. The Hall–Kier alpha value is -3.17. The fourth-order valence-electron chi connectivity index (χ4n) is 2.85. The van der Waals surface area contributed by atoms with E-state index in [0.29, 0.717) is 23.9 Å². The van der Waals surface area contributed by atoms with E-state index >= 15 is 0 Å². The summed E-state index contributed by atoms with van der Waals surface area (Å²) < 4.78 is 16.7. The van der Waals surface area contributed by atoms with Gasteiger partial charge in [-0.2, -0.15) is 10.2 Å². The summed E-state index contributed by atoms with van der Waals surface area (Å²) in [5.74, 6) is 1.82. The average Bonchev–Trinajstić information content (AvgIpc) is 3.38. The number of hydrogen-bond donors (Lipinski definition) is 0. The van der Waals surface area contributed by atoms with Crippen molar-refractivity contribution in [3.05, 3.63) is 65.5 Å². The summed E-state index contributed by atoms with van der Waals surface area (Å²) in [5, 5.41) is 13.0. The van der Waals surface area contributed by atoms with Crippen LogP contribution < -0.4 is 4.74 Å². The molecular formula is C20H17N3O3. The monoisotopic (exact) mass is 347 g/mol. The highest BCUT2D eigenvalue weighted by Gasteiger charge is 2.24. The van der Waals surface area contributed by atoms with Crippen molar-refractivity contribution in [2.45, 2.75) is 25.6 Å². The summed E-state index contributed by atoms with van der Waals surface area (Å²) in [4.78, 5) is 4.43. The number of nitriles is 1. The summed E-state index contributed by atoms with van der Waals surface area (Å²) in [6.07, 6.45) is 1.86. The summed E-state index contributed by atoms with van der Waals surface area (Å²) in [6.45, 7) is 1.14. The first-order valence-corrected chi connectivity index (χ1v) is 8.49. The molecule has 1 fully saturated rings. The predicted octanol–water partition coefficient (Wildman–Crippen LogP) is 4.04. The van der Waals surface area contributed by atoms with Crippen LogP contribution in [-0.4, -0.2) is 16.7 Å². The lowest BCUT2D eigenvalue weighted by Crippen LogP contribution is -1.96. The standard InChI is InChI=1S/C20H17N3O3/c21-12-14-3-1-4-15(11-14)13-25-17-8-6-16(7-9-17)19-22-20(26-23-19)18-5-2-10-24-18/h1,3-4,6-9,11,18H,2,5,10,13H2. The lowest BCUT2D eigenvalue weighted by molar-refractivity contribution is 0.0835. The van der Waals surface area contributed by atoms with E-state index < -0.39 is 0 Å². The van der Waals surface area contributed by atoms with Crippen molar-refractivity contribution in [1.29, 1.82) is 5.26 Å². The van der Waals surface area contributed by atoms with E-state index in [9.17, 15) is 0 Å². The van der Waals surface area contributed by atoms with Gasteiger partial charge in [0.15, 0.2) is 0 Å². The van der Waals surface area contributed by atoms with E-state index in [2.05, 4.69) is 16.2 Å². The summed E-state index contributed by atoms with van der Waals surface area (Å²) >= 11 is 0. The van der Waals surface area contributed by atoms with Crippen LogP contribution in [0.15, 0.2) is 53.1 Å². The van der Waals surface area contributed by atoms with Gasteiger partial charge in [0.25, 0.3) is 5.89 Å². The lowest BCUT2D eigenvalue weighted by atomic mass is 10.1. The Kier molecular flexibility index (Phi) is 4.63. The molecule has 130 valence electrons. The maximum Gasteiger partial charge on any atom is 0.256 e. The molecule has 0 amide bonds. The zero-order valence-corrected chi connectivity index (χ0v) is 14.1. The number of nitrogens with zero attached hydrogens (tertiary/aromatic N) is 3. The van der Waals surface area contributed by atoms with E-state index in [1.807, 2.05) is 42.5 Å². The zero-order chi connectivity index (χ0) is 17.8. The maximum atomic E-state index is 8.94. The first-order valence-electron chi connectivity index (χ1n) is 8.49. The van der Waals surface area contributed by atoms with Crippen molar-refractivity contribution in [3.63, 3.8) is 0 Å². The Bertz CT molecular complexity index is 922. The molecule has 3 aromatic rings. The molecule has 0 aliphatic carbocycles.